The van der Waals surface area contributed by atoms with Gasteiger partial charge in [-0.15, -0.1) is 0 Å². The number of nitrogens with one attached hydrogen (secondary N) is 1. The van der Waals surface area contributed by atoms with Crippen molar-refractivity contribution in [1.29, 1.82) is 0 Å². The molecular formula is C27H33NO4. The summed E-state index contributed by atoms with van der Waals surface area (Å²) in [5, 5.41) is 3.09. The Morgan fingerprint density at radius 3 is 1.78 bits per heavy atom. The third-order valence-electron chi connectivity index (χ3n) is 6.29. The number of ether oxygens (including phenoxy) is 2. The van der Waals surface area contributed by atoms with Gasteiger partial charge in [0.25, 0.3) is 0 Å². The third kappa shape index (κ3) is 4.67. The highest BCUT2D eigenvalue weighted by Gasteiger charge is 2.55. The lowest BCUT2D eigenvalue weighted by molar-refractivity contribution is -0.125. The molecule has 4 rings (SSSR count). The smallest absolute Gasteiger partial charge is 0.225 e. The van der Waals surface area contributed by atoms with Crippen LogP contribution in [0.2, 0.25) is 0 Å². The van der Waals surface area contributed by atoms with Crippen molar-refractivity contribution < 1.29 is 19.1 Å². The number of carbonyl (C=O) groups is 2. The van der Waals surface area contributed by atoms with Crippen molar-refractivity contribution >= 4 is 11.7 Å². The maximum Gasteiger partial charge on any atom is 0.225 e. The highest BCUT2D eigenvalue weighted by atomic mass is 16.5. The average Bonchev–Trinajstić information content (AvgIpc) is 3.30. The SMILES string of the molecule is CC(C)COc1ccc(C2CC(=O)C3C(c4ccc(OCC(C)C)cc4)NC(=O)C23)cc1. The molecule has 5 nitrogen and oxygen atoms in total. The van der Waals surface area contributed by atoms with Gasteiger partial charge in [-0.25, -0.2) is 0 Å². The predicted molar refractivity (Wildman–Crippen MR) is 124 cm³/mol. The first kappa shape index (κ1) is 22.4. The fourth-order valence-electron chi connectivity index (χ4n) is 4.73. The summed E-state index contributed by atoms with van der Waals surface area (Å²) in [6.45, 7) is 9.76. The average molecular weight is 436 g/mol. The van der Waals surface area contributed by atoms with E-state index in [0.717, 1.165) is 22.6 Å². The van der Waals surface area contributed by atoms with Crippen LogP contribution in [0.3, 0.4) is 0 Å². The molecule has 32 heavy (non-hydrogen) atoms. The van der Waals surface area contributed by atoms with Crippen molar-refractivity contribution in [3.63, 3.8) is 0 Å². The number of rotatable bonds is 8. The standard InChI is InChI=1S/C27H33NO4/c1-16(2)14-31-20-9-5-18(6-10-20)22-13-23(29)25-24(22)27(30)28-26(25)19-7-11-21(12-8-19)32-15-17(3)4/h5-12,16-17,22,24-26H,13-15H2,1-4H3,(H,28,30). The summed E-state index contributed by atoms with van der Waals surface area (Å²) in [5.41, 5.74) is 1.98. The highest BCUT2D eigenvalue weighted by Crippen LogP contribution is 2.50. The van der Waals surface area contributed by atoms with Crippen LogP contribution in [0.25, 0.3) is 0 Å². The van der Waals surface area contributed by atoms with E-state index < -0.39 is 0 Å². The minimum absolute atomic E-state index is 0.0314. The lowest BCUT2D eigenvalue weighted by Gasteiger charge is -2.18. The number of fused-ring (bicyclic) bond motifs is 1. The summed E-state index contributed by atoms with van der Waals surface area (Å²) in [5.74, 6) is 1.91. The van der Waals surface area contributed by atoms with Gasteiger partial charge in [0, 0.05) is 12.3 Å². The minimum Gasteiger partial charge on any atom is -0.493 e. The molecule has 4 unspecified atom stereocenters. The van der Waals surface area contributed by atoms with Crippen molar-refractivity contribution in [3.05, 3.63) is 59.7 Å². The van der Waals surface area contributed by atoms with Crippen molar-refractivity contribution in [1.82, 2.24) is 5.32 Å². The van der Waals surface area contributed by atoms with Gasteiger partial charge in [0.05, 0.1) is 31.1 Å². The Bertz CT molecular complexity index is 869. The molecule has 1 saturated heterocycles. The fraction of sp³-hybridized carbons (Fsp3) is 0.481. The predicted octanol–water partition coefficient (Wildman–Crippen LogP) is 4.92. The molecule has 5 heteroatoms. The van der Waals surface area contributed by atoms with Crippen LogP contribution in [0.15, 0.2) is 48.5 Å². The Balaban J connectivity index is 1.49. The molecule has 1 heterocycles. The molecule has 2 fully saturated rings. The van der Waals surface area contributed by atoms with Gasteiger partial charge in [0.2, 0.25) is 5.91 Å². The van der Waals surface area contributed by atoms with Crippen LogP contribution in [-0.4, -0.2) is 24.9 Å². The zero-order valence-electron chi connectivity index (χ0n) is 19.3. The Hall–Kier alpha value is -2.82. The first-order chi connectivity index (χ1) is 15.3. The van der Waals surface area contributed by atoms with E-state index in [2.05, 4.69) is 33.0 Å². The monoisotopic (exact) mass is 435 g/mol. The van der Waals surface area contributed by atoms with Gasteiger partial charge in [-0.1, -0.05) is 52.0 Å². The molecule has 0 bridgehead atoms. The lowest BCUT2D eigenvalue weighted by atomic mass is 9.83. The normalized spacial score (nSPS) is 24.7. The number of Topliss-reactive ketones (excluding diaryl/α,β-unsaturated/α-hetero) is 1. The van der Waals surface area contributed by atoms with Crippen molar-refractivity contribution in [2.75, 3.05) is 13.2 Å². The molecule has 1 amide bonds. The molecular weight excluding hydrogens is 402 g/mol. The Labute approximate surface area is 190 Å². The van der Waals surface area contributed by atoms with Crippen LogP contribution >= 0.6 is 0 Å². The van der Waals surface area contributed by atoms with Gasteiger partial charge < -0.3 is 14.8 Å². The molecule has 170 valence electrons. The maximum atomic E-state index is 13.0. The molecule has 0 radical (unpaired) electrons. The molecule has 1 saturated carbocycles. The van der Waals surface area contributed by atoms with Crippen LogP contribution in [0.1, 0.15) is 57.2 Å². The second-order valence-electron chi connectivity index (χ2n) is 9.86. The maximum absolute atomic E-state index is 13.0. The van der Waals surface area contributed by atoms with Crippen LogP contribution in [0.5, 0.6) is 11.5 Å². The van der Waals surface area contributed by atoms with Crippen molar-refractivity contribution in [2.45, 2.75) is 46.1 Å². The van der Waals surface area contributed by atoms with E-state index in [-0.39, 0.29) is 35.5 Å². The quantitative estimate of drug-likeness (QED) is 0.639. The summed E-state index contributed by atoms with van der Waals surface area (Å²) in [6.07, 6.45) is 0.404. The van der Waals surface area contributed by atoms with Crippen LogP contribution < -0.4 is 14.8 Å². The number of carbonyl (C=O) groups excluding carboxylic acids is 2. The molecule has 2 aromatic carbocycles. The lowest BCUT2D eigenvalue weighted by Crippen LogP contribution is -2.25. The zero-order valence-corrected chi connectivity index (χ0v) is 19.3. The van der Waals surface area contributed by atoms with E-state index in [9.17, 15) is 9.59 Å². The summed E-state index contributed by atoms with van der Waals surface area (Å²) < 4.78 is 11.5. The van der Waals surface area contributed by atoms with E-state index in [1.54, 1.807) is 0 Å². The van der Waals surface area contributed by atoms with Gasteiger partial charge >= 0.3 is 0 Å². The van der Waals surface area contributed by atoms with Gasteiger partial charge in [-0.05, 0) is 47.2 Å². The van der Waals surface area contributed by atoms with E-state index in [1.807, 2.05) is 48.5 Å². The molecule has 1 N–H and O–H groups in total. The number of hydrogen-bond donors (Lipinski definition) is 1. The van der Waals surface area contributed by atoms with Crippen molar-refractivity contribution in [2.24, 2.45) is 23.7 Å². The first-order valence-electron chi connectivity index (χ1n) is 11.6. The Morgan fingerprint density at radius 2 is 1.28 bits per heavy atom. The van der Waals surface area contributed by atoms with Gasteiger partial charge in [-0.3, -0.25) is 9.59 Å². The topological polar surface area (TPSA) is 64.6 Å². The fourth-order valence-corrected chi connectivity index (χ4v) is 4.73. The van der Waals surface area contributed by atoms with Crippen LogP contribution in [0.4, 0.5) is 0 Å². The zero-order chi connectivity index (χ0) is 22.8. The summed E-state index contributed by atoms with van der Waals surface area (Å²) >= 11 is 0. The highest BCUT2D eigenvalue weighted by molar-refractivity contribution is 5.97. The minimum atomic E-state index is -0.327. The van der Waals surface area contributed by atoms with E-state index in [1.165, 1.54) is 0 Å². The molecule has 0 aromatic heterocycles. The van der Waals surface area contributed by atoms with Crippen molar-refractivity contribution in [3.8, 4) is 11.5 Å². The number of ketones is 1. The van der Waals surface area contributed by atoms with Gasteiger partial charge in [0.1, 0.15) is 17.3 Å². The summed E-state index contributed by atoms with van der Waals surface area (Å²) in [7, 11) is 0. The van der Waals surface area contributed by atoms with Crippen LogP contribution in [-0.2, 0) is 9.59 Å². The molecule has 4 atom stereocenters. The number of benzene rings is 2. The first-order valence-corrected chi connectivity index (χ1v) is 11.6. The van der Waals surface area contributed by atoms with E-state index >= 15 is 0 Å². The van der Waals surface area contributed by atoms with Crippen LogP contribution in [0, 0.1) is 23.7 Å². The second-order valence-corrected chi connectivity index (χ2v) is 9.86. The largest absolute Gasteiger partial charge is 0.493 e. The number of hydrogen-bond acceptors (Lipinski definition) is 4. The summed E-state index contributed by atoms with van der Waals surface area (Å²) in [4.78, 5) is 26.0. The molecule has 1 aliphatic carbocycles. The molecule has 1 aliphatic heterocycles. The number of amides is 1. The molecule has 2 aromatic rings. The van der Waals surface area contributed by atoms with E-state index in [4.69, 9.17) is 9.47 Å². The molecule has 0 spiro atoms. The summed E-state index contributed by atoms with van der Waals surface area (Å²) in [6, 6.07) is 15.4. The Kier molecular flexibility index (Phi) is 6.54. The molecule has 2 aliphatic rings. The van der Waals surface area contributed by atoms with E-state index in [0.29, 0.717) is 31.5 Å². The van der Waals surface area contributed by atoms with Gasteiger partial charge in [0.15, 0.2) is 0 Å². The Morgan fingerprint density at radius 1 is 0.781 bits per heavy atom. The second kappa shape index (κ2) is 9.35. The third-order valence-corrected chi connectivity index (χ3v) is 6.29. The van der Waals surface area contributed by atoms with Gasteiger partial charge in [-0.2, -0.15) is 0 Å².